The first-order chi connectivity index (χ1) is 14.5. The van der Waals surface area contributed by atoms with E-state index in [1.807, 2.05) is 0 Å². The molecule has 166 valence electrons. The van der Waals surface area contributed by atoms with Gasteiger partial charge in [-0.1, -0.05) is 12.1 Å². The number of carbonyl (C=O) groups excluding carboxylic acids is 3. The average molecular weight is 448 g/mol. The third-order valence-corrected chi connectivity index (χ3v) is 5.43. The third-order valence-electron chi connectivity index (χ3n) is 4.05. The summed E-state index contributed by atoms with van der Waals surface area (Å²) >= 11 is 0. The molecule has 9 nitrogen and oxygen atoms in total. The molecule has 0 aliphatic heterocycles. The van der Waals surface area contributed by atoms with E-state index in [9.17, 15) is 22.8 Å². The standard InChI is InChI=1S/C21H24N2O7S/c1-21(2,3)20(26)30-15-9-11-16(12-10-15)31(27,28)22-18-8-6-5-7-17(18)19(25)23(29-4)13-14-24/h5-12,14,22H,13H2,1-4H3. The zero-order chi connectivity index (χ0) is 23.2. The van der Waals surface area contributed by atoms with Gasteiger partial charge in [0.15, 0.2) is 0 Å². The number of hydroxylamine groups is 2. The predicted octanol–water partition coefficient (Wildman–Crippen LogP) is 2.64. The summed E-state index contributed by atoms with van der Waals surface area (Å²) in [5, 5.41) is 0.804. The lowest BCUT2D eigenvalue weighted by atomic mass is 9.97. The highest BCUT2D eigenvalue weighted by Gasteiger charge is 2.25. The maximum absolute atomic E-state index is 12.8. The quantitative estimate of drug-likeness (QED) is 0.285. The summed E-state index contributed by atoms with van der Waals surface area (Å²) in [6, 6.07) is 11.2. The number of nitrogens with one attached hydrogen (secondary N) is 1. The first-order valence-electron chi connectivity index (χ1n) is 9.23. The normalized spacial score (nSPS) is 11.5. The van der Waals surface area contributed by atoms with E-state index in [2.05, 4.69) is 4.72 Å². The fraction of sp³-hybridized carbons (Fsp3) is 0.286. The molecule has 0 fully saturated rings. The summed E-state index contributed by atoms with van der Waals surface area (Å²) in [5.41, 5.74) is -0.683. The highest BCUT2D eigenvalue weighted by atomic mass is 32.2. The summed E-state index contributed by atoms with van der Waals surface area (Å²) in [7, 11) is -2.83. The molecule has 10 heteroatoms. The molecule has 0 unspecified atom stereocenters. The van der Waals surface area contributed by atoms with Gasteiger partial charge in [0, 0.05) is 0 Å². The minimum Gasteiger partial charge on any atom is -0.426 e. The van der Waals surface area contributed by atoms with Crippen molar-refractivity contribution in [3.63, 3.8) is 0 Å². The molecule has 0 saturated carbocycles. The van der Waals surface area contributed by atoms with Crippen molar-refractivity contribution in [2.24, 2.45) is 5.41 Å². The van der Waals surface area contributed by atoms with Gasteiger partial charge in [-0.25, -0.2) is 13.5 Å². The van der Waals surface area contributed by atoms with Crippen LogP contribution in [0.5, 0.6) is 5.75 Å². The average Bonchev–Trinajstić information content (AvgIpc) is 2.71. The molecular weight excluding hydrogens is 424 g/mol. The van der Waals surface area contributed by atoms with E-state index in [1.165, 1.54) is 43.5 Å². The van der Waals surface area contributed by atoms with Gasteiger partial charge in [0.05, 0.1) is 28.7 Å². The Morgan fingerprint density at radius 3 is 2.23 bits per heavy atom. The molecule has 0 saturated heterocycles. The van der Waals surface area contributed by atoms with Crippen molar-refractivity contribution >= 4 is 33.9 Å². The van der Waals surface area contributed by atoms with Crippen molar-refractivity contribution in [3.05, 3.63) is 54.1 Å². The Balaban J connectivity index is 2.26. The Bertz CT molecular complexity index is 1060. The summed E-state index contributed by atoms with van der Waals surface area (Å²) in [5.74, 6) is -0.928. The summed E-state index contributed by atoms with van der Waals surface area (Å²) < 4.78 is 33.2. The number of nitrogens with zero attached hydrogens (tertiary/aromatic N) is 1. The predicted molar refractivity (Wildman–Crippen MR) is 113 cm³/mol. The maximum atomic E-state index is 12.8. The van der Waals surface area contributed by atoms with Crippen LogP contribution in [0.3, 0.4) is 0 Å². The van der Waals surface area contributed by atoms with Crippen LogP contribution in [0.2, 0.25) is 0 Å². The first kappa shape index (κ1) is 24.0. The van der Waals surface area contributed by atoms with Crippen LogP contribution >= 0.6 is 0 Å². The molecule has 0 heterocycles. The lowest BCUT2D eigenvalue weighted by Gasteiger charge is -2.19. The molecule has 0 spiro atoms. The number of anilines is 1. The molecule has 0 aromatic heterocycles. The van der Waals surface area contributed by atoms with Crippen LogP contribution in [0.25, 0.3) is 0 Å². The molecule has 31 heavy (non-hydrogen) atoms. The number of hydrogen-bond donors (Lipinski definition) is 1. The number of para-hydroxylation sites is 1. The van der Waals surface area contributed by atoms with E-state index >= 15 is 0 Å². The van der Waals surface area contributed by atoms with Crippen LogP contribution in [-0.4, -0.2) is 45.3 Å². The second kappa shape index (κ2) is 9.71. The van der Waals surface area contributed by atoms with E-state index in [1.54, 1.807) is 32.9 Å². The minimum absolute atomic E-state index is 0.00509. The summed E-state index contributed by atoms with van der Waals surface area (Å²) in [6.07, 6.45) is 0.488. The van der Waals surface area contributed by atoms with E-state index in [0.29, 0.717) is 6.29 Å². The fourth-order valence-electron chi connectivity index (χ4n) is 2.35. The molecule has 1 N–H and O–H groups in total. The third kappa shape index (κ3) is 6.12. The maximum Gasteiger partial charge on any atom is 0.316 e. The van der Waals surface area contributed by atoms with Gasteiger partial charge in [-0.05, 0) is 57.2 Å². The smallest absolute Gasteiger partial charge is 0.316 e. The molecule has 0 aliphatic carbocycles. The van der Waals surface area contributed by atoms with Crippen LogP contribution < -0.4 is 9.46 Å². The molecule has 0 radical (unpaired) electrons. The zero-order valence-corrected chi connectivity index (χ0v) is 18.4. The molecule has 0 aliphatic rings. The van der Waals surface area contributed by atoms with Crippen LogP contribution in [0.4, 0.5) is 5.69 Å². The molecule has 2 rings (SSSR count). The van der Waals surface area contributed by atoms with Gasteiger partial charge < -0.3 is 9.53 Å². The summed E-state index contributed by atoms with van der Waals surface area (Å²) in [4.78, 5) is 40.1. The second-order valence-electron chi connectivity index (χ2n) is 7.48. The van der Waals surface area contributed by atoms with Gasteiger partial charge in [0.25, 0.3) is 15.9 Å². The lowest BCUT2D eigenvalue weighted by molar-refractivity contribution is -0.143. The van der Waals surface area contributed by atoms with Crippen LogP contribution in [0, 0.1) is 5.41 Å². The first-order valence-corrected chi connectivity index (χ1v) is 10.7. The fourth-order valence-corrected chi connectivity index (χ4v) is 3.43. The Morgan fingerprint density at radius 2 is 1.68 bits per heavy atom. The second-order valence-corrected chi connectivity index (χ2v) is 9.16. The number of sulfonamides is 1. The number of benzene rings is 2. The van der Waals surface area contributed by atoms with Crippen LogP contribution in [0.1, 0.15) is 31.1 Å². The SMILES string of the molecule is CON(CC=O)C(=O)c1ccccc1NS(=O)(=O)c1ccc(OC(=O)C(C)(C)C)cc1. The summed E-state index contributed by atoms with van der Waals surface area (Å²) in [6.45, 7) is 4.80. The zero-order valence-electron chi connectivity index (χ0n) is 17.6. The van der Waals surface area contributed by atoms with Gasteiger partial charge >= 0.3 is 5.97 Å². The monoisotopic (exact) mass is 448 g/mol. The number of aldehydes is 1. The molecule has 2 aromatic rings. The highest BCUT2D eigenvalue weighted by molar-refractivity contribution is 7.92. The highest BCUT2D eigenvalue weighted by Crippen LogP contribution is 2.24. The van der Waals surface area contributed by atoms with Gasteiger partial charge in [-0.2, -0.15) is 0 Å². The molecule has 1 amide bonds. The van der Waals surface area contributed by atoms with Crippen LogP contribution in [-0.2, 0) is 24.4 Å². The van der Waals surface area contributed by atoms with Gasteiger partial charge in [-0.15, -0.1) is 0 Å². The van der Waals surface area contributed by atoms with Crippen molar-refractivity contribution in [1.29, 1.82) is 0 Å². The van der Waals surface area contributed by atoms with Crippen molar-refractivity contribution in [3.8, 4) is 5.75 Å². The molecule has 2 aromatic carbocycles. The number of hydrogen-bond acceptors (Lipinski definition) is 7. The Morgan fingerprint density at radius 1 is 1.06 bits per heavy atom. The number of esters is 1. The lowest BCUT2D eigenvalue weighted by Crippen LogP contribution is -2.32. The van der Waals surface area contributed by atoms with Crippen molar-refractivity contribution < 1.29 is 32.4 Å². The van der Waals surface area contributed by atoms with Gasteiger partial charge in [0.2, 0.25) is 0 Å². The number of ether oxygens (including phenoxy) is 1. The van der Waals surface area contributed by atoms with Crippen molar-refractivity contribution in [2.75, 3.05) is 18.4 Å². The van der Waals surface area contributed by atoms with Crippen LogP contribution in [0.15, 0.2) is 53.4 Å². The minimum atomic E-state index is -4.06. The molecule has 0 bridgehead atoms. The van der Waals surface area contributed by atoms with E-state index in [-0.39, 0.29) is 28.4 Å². The number of amides is 1. The Hall–Kier alpha value is -3.24. The number of carbonyl (C=O) groups is 3. The van der Waals surface area contributed by atoms with Crippen molar-refractivity contribution in [1.82, 2.24) is 5.06 Å². The van der Waals surface area contributed by atoms with Gasteiger partial charge in [0.1, 0.15) is 18.6 Å². The van der Waals surface area contributed by atoms with Crippen molar-refractivity contribution in [2.45, 2.75) is 25.7 Å². The molecular formula is C21H24N2O7S. The number of rotatable bonds is 8. The Kier molecular flexibility index (Phi) is 7.53. The largest absolute Gasteiger partial charge is 0.426 e. The van der Waals surface area contributed by atoms with E-state index in [0.717, 1.165) is 5.06 Å². The Labute approximate surface area is 181 Å². The van der Waals surface area contributed by atoms with Gasteiger partial charge in [-0.3, -0.25) is 19.1 Å². The van der Waals surface area contributed by atoms with E-state index in [4.69, 9.17) is 9.57 Å². The molecule has 0 atom stereocenters. The van der Waals surface area contributed by atoms with E-state index < -0.39 is 27.3 Å². The topological polar surface area (TPSA) is 119 Å².